The summed E-state index contributed by atoms with van der Waals surface area (Å²) in [6, 6.07) is 4.52. The van der Waals surface area contributed by atoms with Crippen LogP contribution >= 0.6 is 31.9 Å². The Bertz CT molecular complexity index is 506. The van der Waals surface area contributed by atoms with E-state index in [0.29, 0.717) is 5.69 Å². The van der Waals surface area contributed by atoms with Gasteiger partial charge in [-0.3, -0.25) is 4.79 Å². The van der Waals surface area contributed by atoms with E-state index >= 15 is 0 Å². The van der Waals surface area contributed by atoms with E-state index in [1.807, 2.05) is 19.9 Å². The average Bonchev–Trinajstić information content (AvgIpc) is 2.31. The molecule has 1 unspecified atom stereocenters. The minimum absolute atomic E-state index is 0.0326. The van der Waals surface area contributed by atoms with Gasteiger partial charge in [-0.25, -0.2) is 4.79 Å². The summed E-state index contributed by atoms with van der Waals surface area (Å²) in [5, 5.41) is 14.2. The molecule has 0 saturated heterocycles. The summed E-state index contributed by atoms with van der Waals surface area (Å²) < 4.78 is 1.63. The van der Waals surface area contributed by atoms with Crippen molar-refractivity contribution in [2.45, 2.75) is 26.3 Å². The SMILES string of the molecule is CC(C)C(CC(=O)O)NC(=O)Nc1ccc(Br)cc1Br. The fourth-order valence-corrected chi connectivity index (χ4v) is 2.71. The number of anilines is 1. The molecule has 0 aliphatic carbocycles. The highest BCUT2D eigenvalue weighted by Gasteiger charge is 2.19. The molecule has 1 aromatic rings. The van der Waals surface area contributed by atoms with E-state index in [1.165, 1.54) is 0 Å². The summed E-state index contributed by atoms with van der Waals surface area (Å²) >= 11 is 6.67. The zero-order chi connectivity index (χ0) is 15.3. The molecule has 1 aromatic carbocycles. The van der Waals surface area contributed by atoms with Gasteiger partial charge in [0, 0.05) is 15.0 Å². The van der Waals surface area contributed by atoms with E-state index in [4.69, 9.17) is 5.11 Å². The molecule has 1 rings (SSSR count). The molecular formula is C13H16Br2N2O3. The van der Waals surface area contributed by atoms with Gasteiger partial charge in [0.25, 0.3) is 0 Å². The van der Waals surface area contributed by atoms with Crippen molar-refractivity contribution in [3.63, 3.8) is 0 Å². The summed E-state index contributed by atoms with van der Waals surface area (Å²) in [6.45, 7) is 3.73. The maximum Gasteiger partial charge on any atom is 0.319 e. The van der Waals surface area contributed by atoms with Crippen molar-refractivity contribution >= 4 is 49.5 Å². The first kappa shape index (κ1) is 17.0. The lowest BCUT2D eigenvalue weighted by Crippen LogP contribution is -2.42. The highest BCUT2D eigenvalue weighted by atomic mass is 79.9. The smallest absolute Gasteiger partial charge is 0.319 e. The molecule has 5 nitrogen and oxygen atoms in total. The molecular weight excluding hydrogens is 392 g/mol. The number of nitrogens with one attached hydrogen (secondary N) is 2. The molecule has 3 N–H and O–H groups in total. The van der Waals surface area contributed by atoms with Crippen molar-refractivity contribution in [2.75, 3.05) is 5.32 Å². The molecule has 0 saturated carbocycles. The lowest BCUT2D eigenvalue weighted by Gasteiger charge is -2.21. The van der Waals surface area contributed by atoms with Crippen LogP contribution in [-0.4, -0.2) is 23.1 Å². The molecule has 0 fully saturated rings. The number of carbonyl (C=O) groups excluding carboxylic acids is 1. The van der Waals surface area contributed by atoms with Crippen LogP contribution < -0.4 is 10.6 Å². The number of halogens is 2. The van der Waals surface area contributed by atoms with Gasteiger partial charge in [-0.05, 0) is 40.0 Å². The number of rotatable bonds is 5. The molecule has 110 valence electrons. The van der Waals surface area contributed by atoms with E-state index in [0.717, 1.165) is 8.95 Å². The van der Waals surface area contributed by atoms with Crippen molar-refractivity contribution in [3.8, 4) is 0 Å². The zero-order valence-corrected chi connectivity index (χ0v) is 14.3. The van der Waals surface area contributed by atoms with Crippen molar-refractivity contribution in [2.24, 2.45) is 5.92 Å². The Balaban J connectivity index is 2.68. The number of aliphatic carboxylic acids is 1. The number of carbonyl (C=O) groups is 2. The standard InChI is InChI=1S/C13H16Br2N2O3/c1-7(2)11(6-12(18)19)17-13(20)16-10-4-3-8(14)5-9(10)15/h3-5,7,11H,6H2,1-2H3,(H,18,19)(H2,16,17,20). The van der Waals surface area contributed by atoms with Crippen LogP contribution in [0.4, 0.5) is 10.5 Å². The van der Waals surface area contributed by atoms with Gasteiger partial charge in [0.15, 0.2) is 0 Å². The predicted octanol–water partition coefficient (Wildman–Crippen LogP) is 3.83. The molecule has 2 amide bonds. The van der Waals surface area contributed by atoms with Gasteiger partial charge < -0.3 is 15.7 Å². The molecule has 0 aliphatic heterocycles. The van der Waals surface area contributed by atoms with Crippen molar-refractivity contribution in [1.29, 1.82) is 0 Å². The number of hydrogen-bond acceptors (Lipinski definition) is 2. The van der Waals surface area contributed by atoms with Crippen LogP contribution in [0.15, 0.2) is 27.1 Å². The molecule has 0 radical (unpaired) electrons. The van der Waals surface area contributed by atoms with E-state index in [9.17, 15) is 9.59 Å². The van der Waals surface area contributed by atoms with Crippen molar-refractivity contribution in [3.05, 3.63) is 27.1 Å². The van der Waals surface area contributed by atoms with Gasteiger partial charge in [-0.15, -0.1) is 0 Å². The quantitative estimate of drug-likeness (QED) is 0.693. The summed E-state index contributed by atoms with van der Waals surface area (Å²) in [4.78, 5) is 22.7. The van der Waals surface area contributed by atoms with Gasteiger partial charge in [0.2, 0.25) is 0 Å². The molecule has 7 heteroatoms. The van der Waals surface area contributed by atoms with Crippen LogP contribution in [0.2, 0.25) is 0 Å². The Kier molecular flexibility index (Phi) is 6.48. The van der Waals surface area contributed by atoms with E-state index < -0.39 is 18.0 Å². The number of benzene rings is 1. The first-order valence-corrected chi connectivity index (χ1v) is 7.62. The number of carboxylic acids is 1. The van der Waals surface area contributed by atoms with Gasteiger partial charge in [-0.1, -0.05) is 29.8 Å². The number of carboxylic acid groups (broad SMARTS) is 1. The molecule has 0 bridgehead atoms. The predicted molar refractivity (Wildman–Crippen MR) is 84.9 cm³/mol. The second-order valence-electron chi connectivity index (χ2n) is 4.67. The number of urea groups is 1. The summed E-state index contributed by atoms with van der Waals surface area (Å²) in [5.74, 6) is -0.904. The number of hydrogen-bond donors (Lipinski definition) is 3. The molecule has 0 spiro atoms. The largest absolute Gasteiger partial charge is 0.481 e. The topological polar surface area (TPSA) is 78.4 Å². The van der Waals surface area contributed by atoms with Gasteiger partial charge in [-0.2, -0.15) is 0 Å². The van der Waals surface area contributed by atoms with Crippen LogP contribution in [0.1, 0.15) is 20.3 Å². The fraction of sp³-hybridized carbons (Fsp3) is 0.385. The molecule has 20 heavy (non-hydrogen) atoms. The highest BCUT2D eigenvalue weighted by molar-refractivity contribution is 9.11. The molecule has 0 aliphatic rings. The summed E-state index contributed by atoms with van der Waals surface area (Å²) in [7, 11) is 0. The Morgan fingerprint density at radius 3 is 2.45 bits per heavy atom. The second kappa shape index (κ2) is 7.64. The third-order valence-corrected chi connectivity index (χ3v) is 3.84. The first-order chi connectivity index (χ1) is 9.29. The van der Waals surface area contributed by atoms with Gasteiger partial charge in [0.1, 0.15) is 0 Å². The second-order valence-corrected chi connectivity index (χ2v) is 6.44. The third kappa shape index (κ3) is 5.50. The van der Waals surface area contributed by atoms with Crippen molar-refractivity contribution < 1.29 is 14.7 Å². The van der Waals surface area contributed by atoms with Gasteiger partial charge in [0.05, 0.1) is 12.1 Å². The molecule has 0 aromatic heterocycles. The van der Waals surface area contributed by atoms with Crippen molar-refractivity contribution in [1.82, 2.24) is 5.32 Å². The van der Waals surface area contributed by atoms with Crippen LogP contribution in [-0.2, 0) is 4.79 Å². The Morgan fingerprint density at radius 2 is 1.95 bits per heavy atom. The van der Waals surface area contributed by atoms with E-state index in [1.54, 1.807) is 12.1 Å². The maximum atomic E-state index is 11.9. The normalized spacial score (nSPS) is 12.1. The first-order valence-electron chi connectivity index (χ1n) is 6.04. The average molecular weight is 408 g/mol. The van der Waals surface area contributed by atoms with E-state index in [-0.39, 0.29) is 12.3 Å². The van der Waals surface area contributed by atoms with Crippen LogP contribution in [0, 0.1) is 5.92 Å². The van der Waals surface area contributed by atoms with Gasteiger partial charge >= 0.3 is 12.0 Å². The van der Waals surface area contributed by atoms with Crippen LogP contribution in [0.5, 0.6) is 0 Å². The monoisotopic (exact) mass is 406 g/mol. The Labute approximate surface area is 134 Å². The lowest BCUT2D eigenvalue weighted by molar-refractivity contribution is -0.137. The molecule has 1 atom stereocenters. The van der Waals surface area contributed by atoms with E-state index in [2.05, 4.69) is 42.5 Å². The van der Waals surface area contributed by atoms with Crippen LogP contribution in [0.25, 0.3) is 0 Å². The maximum absolute atomic E-state index is 11.9. The lowest BCUT2D eigenvalue weighted by atomic mass is 10.0. The number of amides is 2. The Morgan fingerprint density at radius 1 is 1.30 bits per heavy atom. The summed E-state index contributed by atoms with van der Waals surface area (Å²) in [6.07, 6.45) is -0.105. The molecule has 0 heterocycles. The zero-order valence-electron chi connectivity index (χ0n) is 11.1. The Hall–Kier alpha value is -1.08. The third-order valence-electron chi connectivity index (χ3n) is 2.70. The minimum Gasteiger partial charge on any atom is -0.481 e. The highest BCUT2D eigenvalue weighted by Crippen LogP contribution is 2.26. The fourth-order valence-electron chi connectivity index (χ4n) is 1.56. The minimum atomic E-state index is -0.936. The summed E-state index contributed by atoms with van der Waals surface area (Å²) in [5.41, 5.74) is 0.614. The van der Waals surface area contributed by atoms with Crippen LogP contribution in [0.3, 0.4) is 0 Å².